The lowest BCUT2D eigenvalue weighted by molar-refractivity contribution is -0.150. The average Bonchev–Trinajstić information content (AvgIpc) is 2.82. The lowest BCUT2D eigenvalue weighted by Crippen LogP contribution is -2.48. The molecule has 114 valence electrons. The van der Waals surface area contributed by atoms with Crippen LogP contribution in [0.4, 0.5) is 0 Å². The molecule has 20 heavy (non-hydrogen) atoms. The molecule has 2 fully saturated rings. The molecule has 2 aliphatic rings. The standard InChI is InChI=1S/C16H27NO3/c1-4-12-8-13(14(9-12)16(19)20)15(18)17-6-5-10(2)7-11(17)3/h10-14H,4-9H2,1-3H3,(H,19,20). The molecule has 0 bridgehead atoms. The fourth-order valence-corrected chi connectivity index (χ4v) is 3.97. The molecule has 0 aromatic rings. The third-order valence-corrected chi connectivity index (χ3v) is 5.29. The Balaban J connectivity index is 2.08. The molecule has 0 spiro atoms. The highest BCUT2D eigenvalue weighted by Crippen LogP contribution is 2.40. The third kappa shape index (κ3) is 2.99. The molecule has 1 heterocycles. The van der Waals surface area contributed by atoms with Gasteiger partial charge in [-0.2, -0.15) is 0 Å². The minimum atomic E-state index is -0.794. The topological polar surface area (TPSA) is 57.6 Å². The summed E-state index contributed by atoms with van der Waals surface area (Å²) >= 11 is 0. The molecular formula is C16H27NO3. The van der Waals surface area contributed by atoms with Gasteiger partial charge in [-0.15, -0.1) is 0 Å². The maximum absolute atomic E-state index is 12.8. The van der Waals surface area contributed by atoms with Crippen LogP contribution in [-0.4, -0.2) is 34.5 Å². The molecule has 1 saturated heterocycles. The number of nitrogens with zero attached hydrogens (tertiary/aromatic N) is 1. The molecule has 2 rings (SSSR count). The van der Waals surface area contributed by atoms with Gasteiger partial charge in [-0.3, -0.25) is 9.59 Å². The summed E-state index contributed by atoms with van der Waals surface area (Å²) in [7, 11) is 0. The molecule has 5 atom stereocenters. The molecule has 0 radical (unpaired) electrons. The molecule has 5 unspecified atom stereocenters. The van der Waals surface area contributed by atoms with Crippen LogP contribution in [-0.2, 0) is 9.59 Å². The molecule has 0 aromatic heterocycles. The van der Waals surface area contributed by atoms with Gasteiger partial charge in [0, 0.05) is 12.6 Å². The lowest BCUT2D eigenvalue weighted by atomic mass is 9.89. The number of piperidine rings is 1. The number of hydrogen-bond donors (Lipinski definition) is 1. The number of carboxylic acid groups (broad SMARTS) is 1. The average molecular weight is 281 g/mol. The van der Waals surface area contributed by atoms with Crippen LogP contribution in [0.3, 0.4) is 0 Å². The van der Waals surface area contributed by atoms with Gasteiger partial charge in [0.1, 0.15) is 0 Å². The van der Waals surface area contributed by atoms with Gasteiger partial charge in [0.2, 0.25) is 5.91 Å². The van der Waals surface area contributed by atoms with Crippen LogP contribution >= 0.6 is 0 Å². The van der Waals surface area contributed by atoms with E-state index in [4.69, 9.17) is 0 Å². The van der Waals surface area contributed by atoms with Gasteiger partial charge in [-0.05, 0) is 44.4 Å². The zero-order valence-corrected chi connectivity index (χ0v) is 12.8. The van der Waals surface area contributed by atoms with Gasteiger partial charge < -0.3 is 10.0 Å². The van der Waals surface area contributed by atoms with E-state index in [9.17, 15) is 14.7 Å². The summed E-state index contributed by atoms with van der Waals surface area (Å²) in [6.07, 6.45) is 4.47. The number of carbonyl (C=O) groups is 2. The van der Waals surface area contributed by atoms with Gasteiger partial charge >= 0.3 is 5.97 Å². The van der Waals surface area contributed by atoms with E-state index in [0.29, 0.717) is 18.3 Å². The van der Waals surface area contributed by atoms with Crippen LogP contribution in [0.5, 0.6) is 0 Å². The normalized spacial score (nSPS) is 38.0. The van der Waals surface area contributed by atoms with E-state index in [1.165, 1.54) is 0 Å². The number of rotatable bonds is 3. The van der Waals surface area contributed by atoms with Crippen molar-refractivity contribution in [1.82, 2.24) is 4.90 Å². The Kier molecular flexibility index (Phi) is 4.71. The monoisotopic (exact) mass is 281 g/mol. The van der Waals surface area contributed by atoms with Crippen LogP contribution < -0.4 is 0 Å². The minimum absolute atomic E-state index is 0.0905. The second kappa shape index (κ2) is 6.15. The van der Waals surface area contributed by atoms with E-state index in [2.05, 4.69) is 20.8 Å². The Hall–Kier alpha value is -1.06. The van der Waals surface area contributed by atoms with Crippen molar-refractivity contribution in [2.45, 2.75) is 58.9 Å². The fourth-order valence-electron chi connectivity index (χ4n) is 3.97. The zero-order valence-electron chi connectivity index (χ0n) is 12.8. The predicted octanol–water partition coefficient (Wildman–Crippen LogP) is 2.77. The minimum Gasteiger partial charge on any atom is -0.481 e. The first kappa shape index (κ1) is 15.3. The van der Waals surface area contributed by atoms with Crippen molar-refractivity contribution in [2.24, 2.45) is 23.7 Å². The van der Waals surface area contributed by atoms with Gasteiger partial charge in [0.15, 0.2) is 0 Å². The Morgan fingerprint density at radius 3 is 2.35 bits per heavy atom. The predicted molar refractivity (Wildman–Crippen MR) is 77.2 cm³/mol. The highest BCUT2D eigenvalue weighted by atomic mass is 16.4. The van der Waals surface area contributed by atoms with Crippen LogP contribution in [0.2, 0.25) is 0 Å². The Morgan fingerprint density at radius 1 is 1.15 bits per heavy atom. The largest absolute Gasteiger partial charge is 0.481 e. The van der Waals surface area contributed by atoms with Crippen LogP contribution in [0, 0.1) is 23.7 Å². The van der Waals surface area contributed by atoms with E-state index in [-0.39, 0.29) is 17.9 Å². The molecule has 1 amide bonds. The SMILES string of the molecule is CCC1CC(C(=O)O)C(C(=O)N2CCC(C)CC2C)C1. The number of hydrogen-bond acceptors (Lipinski definition) is 2. The number of amides is 1. The smallest absolute Gasteiger partial charge is 0.307 e. The van der Waals surface area contributed by atoms with Crippen molar-refractivity contribution < 1.29 is 14.7 Å². The lowest BCUT2D eigenvalue weighted by Gasteiger charge is -2.38. The molecular weight excluding hydrogens is 254 g/mol. The van der Waals surface area contributed by atoms with E-state index in [1.54, 1.807) is 0 Å². The molecule has 1 aliphatic heterocycles. The first-order valence-corrected chi connectivity index (χ1v) is 7.97. The van der Waals surface area contributed by atoms with E-state index < -0.39 is 11.9 Å². The van der Waals surface area contributed by atoms with Gasteiger partial charge in [-0.25, -0.2) is 0 Å². The van der Waals surface area contributed by atoms with Crippen LogP contribution in [0.15, 0.2) is 0 Å². The quantitative estimate of drug-likeness (QED) is 0.865. The summed E-state index contributed by atoms with van der Waals surface area (Å²) in [6.45, 7) is 7.19. The van der Waals surface area contributed by atoms with Crippen molar-refractivity contribution in [2.75, 3.05) is 6.54 Å². The number of carbonyl (C=O) groups excluding carboxylic acids is 1. The van der Waals surface area contributed by atoms with Crippen molar-refractivity contribution in [3.63, 3.8) is 0 Å². The summed E-state index contributed by atoms with van der Waals surface area (Å²) in [5.41, 5.74) is 0. The Labute approximate surface area is 121 Å². The van der Waals surface area contributed by atoms with E-state index in [0.717, 1.165) is 32.2 Å². The number of aliphatic carboxylic acids is 1. The van der Waals surface area contributed by atoms with Crippen LogP contribution in [0.25, 0.3) is 0 Å². The molecule has 4 nitrogen and oxygen atoms in total. The van der Waals surface area contributed by atoms with E-state index >= 15 is 0 Å². The third-order valence-electron chi connectivity index (χ3n) is 5.29. The van der Waals surface area contributed by atoms with Gasteiger partial charge in [0.25, 0.3) is 0 Å². The summed E-state index contributed by atoms with van der Waals surface area (Å²) in [4.78, 5) is 26.1. The highest BCUT2D eigenvalue weighted by Gasteiger charge is 2.44. The molecule has 1 aliphatic carbocycles. The Bertz CT molecular complexity index is 382. The van der Waals surface area contributed by atoms with Crippen LogP contribution in [0.1, 0.15) is 52.9 Å². The van der Waals surface area contributed by atoms with Gasteiger partial charge in [0.05, 0.1) is 11.8 Å². The fraction of sp³-hybridized carbons (Fsp3) is 0.875. The van der Waals surface area contributed by atoms with Gasteiger partial charge in [-0.1, -0.05) is 20.3 Å². The van der Waals surface area contributed by atoms with E-state index in [1.807, 2.05) is 4.90 Å². The summed E-state index contributed by atoms with van der Waals surface area (Å²) in [6, 6.07) is 0.251. The first-order valence-electron chi connectivity index (χ1n) is 7.97. The second-order valence-corrected chi connectivity index (χ2v) is 6.81. The van der Waals surface area contributed by atoms with Crippen molar-refractivity contribution in [3.05, 3.63) is 0 Å². The zero-order chi connectivity index (χ0) is 14.9. The van der Waals surface area contributed by atoms with Crippen molar-refractivity contribution >= 4 is 11.9 Å². The first-order chi connectivity index (χ1) is 9.43. The molecule has 1 saturated carbocycles. The molecule has 1 N–H and O–H groups in total. The second-order valence-electron chi connectivity index (χ2n) is 6.81. The van der Waals surface area contributed by atoms with Crippen molar-refractivity contribution in [1.29, 1.82) is 0 Å². The highest BCUT2D eigenvalue weighted by molar-refractivity contribution is 5.85. The Morgan fingerprint density at radius 2 is 1.80 bits per heavy atom. The maximum Gasteiger partial charge on any atom is 0.307 e. The summed E-state index contributed by atoms with van der Waals surface area (Å²) < 4.78 is 0. The molecule has 0 aromatic carbocycles. The number of carboxylic acids is 1. The molecule has 4 heteroatoms. The summed E-state index contributed by atoms with van der Waals surface area (Å²) in [5.74, 6) is -0.419. The number of likely N-dealkylation sites (tertiary alicyclic amines) is 1. The maximum atomic E-state index is 12.8. The summed E-state index contributed by atoms with van der Waals surface area (Å²) in [5, 5.41) is 9.38. The van der Waals surface area contributed by atoms with Crippen molar-refractivity contribution in [3.8, 4) is 0 Å².